The molecule has 0 aliphatic carbocycles. The highest BCUT2D eigenvalue weighted by molar-refractivity contribution is 5.78. The number of rotatable bonds is 6. The second kappa shape index (κ2) is 9.75. The molecule has 4 rings (SSSR count). The monoisotopic (exact) mass is 456 g/mol. The molecular formula is C23H25FN4O5. The van der Waals surface area contributed by atoms with Crippen molar-refractivity contribution < 1.29 is 29.2 Å². The summed E-state index contributed by atoms with van der Waals surface area (Å²) in [6.07, 6.45) is -3.37. The van der Waals surface area contributed by atoms with E-state index in [-0.39, 0.29) is 12.3 Å². The maximum absolute atomic E-state index is 13.6. The third-order valence-electron chi connectivity index (χ3n) is 5.78. The summed E-state index contributed by atoms with van der Waals surface area (Å²) in [5, 5.41) is 39.6. The molecule has 0 bridgehead atoms. The molecule has 9 nitrogen and oxygen atoms in total. The summed E-state index contributed by atoms with van der Waals surface area (Å²) in [4.78, 5) is 14.1. The maximum atomic E-state index is 13.6. The fourth-order valence-electron chi connectivity index (χ4n) is 3.95. The molecule has 2 heterocycles. The van der Waals surface area contributed by atoms with Gasteiger partial charge in [-0.25, -0.2) is 9.07 Å². The summed E-state index contributed by atoms with van der Waals surface area (Å²) in [5.41, 5.74) is 1.61. The van der Waals surface area contributed by atoms with Crippen molar-refractivity contribution in [1.82, 2.24) is 19.9 Å². The van der Waals surface area contributed by atoms with Gasteiger partial charge in [-0.3, -0.25) is 4.79 Å². The number of aliphatic hydroxyl groups is 3. The number of hydrogen-bond donors (Lipinski definition) is 3. The fourth-order valence-corrected chi connectivity index (χ4v) is 3.95. The van der Waals surface area contributed by atoms with Gasteiger partial charge in [0, 0.05) is 12.6 Å². The molecule has 1 aromatic heterocycles. The van der Waals surface area contributed by atoms with Crippen LogP contribution >= 0.6 is 0 Å². The van der Waals surface area contributed by atoms with E-state index in [4.69, 9.17) is 4.74 Å². The van der Waals surface area contributed by atoms with Crippen LogP contribution in [0.1, 0.15) is 11.6 Å². The van der Waals surface area contributed by atoms with Crippen LogP contribution in [0.4, 0.5) is 4.39 Å². The number of aromatic nitrogens is 3. The van der Waals surface area contributed by atoms with E-state index < -0.39 is 43.0 Å². The average molecular weight is 456 g/mol. The van der Waals surface area contributed by atoms with Crippen molar-refractivity contribution >= 4 is 5.91 Å². The van der Waals surface area contributed by atoms with Gasteiger partial charge in [0.15, 0.2) is 6.23 Å². The molecule has 2 aromatic carbocycles. The lowest BCUT2D eigenvalue weighted by Crippen LogP contribution is -2.61. The van der Waals surface area contributed by atoms with E-state index in [0.717, 1.165) is 5.56 Å². The van der Waals surface area contributed by atoms with Crippen LogP contribution in [0.25, 0.3) is 11.3 Å². The van der Waals surface area contributed by atoms with E-state index in [1.54, 1.807) is 6.07 Å². The van der Waals surface area contributed by atoms with Gasteiger partial charge in [0.05, 0.1) is 19.2 Å². The number of carbonyl (C=O) groups is 1. The number of halogens is 1. The Bertz CT molecular complexity index is 1100. The molecule has 10 heteroatoms. The third-order valence-corrected chi connectivity index (χ3v) is 5.78. The Morgan fingerprint density at radius 2 is 1.91 bits per heavy atom. The minimum absolute atomic E-state index is 0.0912. The van der Waals surface area contributed by atoms with Crippen molar-refractivity contribution in [2.75, 3.05) is 13.7 Å². The highest BCUT2D eigenvalue weighted by Gasteiger charge is 2.48. The minimum Gasteiger partial charge on any atom is -0.394 e. The lowest BCUT2D eigenvalue weighted by Gasteiger charge is -2.45. The average Bonchev–Trinajstić information content (AvgIpc) is 3.29. The number of amides is 1. The highest BCUT2D eigenvalue weighted by Crippen LogP contribution is 2.32. The molecule has 1 aliphatic rings. The van der Waals surface area contributed by atoms with Crippen LogP contribution in [0.5, 0.6) is 0 Å². The van der Waals surface area contributed by atoms with Crippen LogP contribution in [0, 0.1) is 5.82 Å². The van der Waals surface area contributed by atoms with Gasteiger partial charge in [0.2, 0.25) is 5.91 Å². The molecular weight excluding hydrogens is 431 g/mol. The molecule has 3 aromatic rings. The van der Waals surface area contributed by atoms with Crippen molar-refractivity contribution in [3.05, 3.63) is 72.2 Å². The Morgan fingerprint density at radius 1 is 1.15 bits per heavy atom. The third kappa shape index (κ3) is 4.79. The number of ether oxygens (including phenoxy) is 1. The van der Waals surface area contributed by atoms with E-state index in [1.807, 2.05) is 30.3 Å². The van der Waals surface area contributed by atoms with Crippen molar-refractivity contribution in [1.29, 1.82) is 0 Å². The summed E-state index contributed by atoms with van der Waals surface area (Å²) in [6.45, 7) is -0.535. The topological polar surface area (TPSA) is 121 Å². The minimum atomic E-state index is -1.38. The SMILES string of the molecule is CN(C(=O)Cc1ccccc1)C1OC(CO)C(O)C(n2cc(-c3cccc(F)c3)nn2)C1O. The Balaban J connectivity index is 1.58. The summed E-state index contributed by atoms with van der Waals surface area (Å²) in [7, 11) is 1.49. The Labute approximate surface area is 189 Å². The zero-order chi connectivity index (χ0) is 23.5. The molecule has 0 saturated carbocycles. The molecule has 0 spiro atoms. The van der Waals surface area contributed by atoms with E-state index >= 15 is 0 Å². The Kier molecular flexibility index (Phi) is 6.80. The molecule has 5 atom stereocenters. The predicted molar refractivity (Wildman–Crippen MR) is 115 cm³/mol. The second-order valence-electron chi connectivity index (χ2n) is 7.98. The molecule has 1 fully saturated rings. The van der Waals surface area contributed by atoms with Crippen molar-refractivity contribution in [2.24, 2.45) is 0 Å². The van der Waals surface area contributed by atoms with E-state index in [9.17, 15) is 24.5 Å². The summed E-state index contributed by atoms with van der Waals surface area (Å²) < 4.78 is 20.5. The second-order valence-corrected chi connectivity index (χ2v) is 7.98. The molecule has 1 amide bonds. The van der Waals surface area contributed by atoms with Crippen LogP contribution < -0.4 is 0 Å². The van der Waals surface area contributed by atoms with E-state index in [0.29, 0.717) is 11.3 Å². The van der Waals surface area contributed by atoms with E-state index in [2.05, 4.69) is 10.3 Å². The molecule has 1 saturated heterocycles. The lowest BCUT2D eigenvalue weighted by molar-refractivity contribution is -0.241. The molecule has 0 radical (unpaired) electrons. The first-order valence-electron chi connectivity index (χ1n) is 10.5. The number of hydrogen-bond acceptors (Lipinski definition) is 7. The van der Waals surface area contributed by atoms with Crippen LogP contribution in [0.15, 0.2) is 60.8 Å². The zero-order valence-corrected chi connectivity index (χ0v) is 17.9. The first-order valence-corrected chi connectivity index (χ1v) is 10.5. The van der Waals surface area contributed by atoms with Gasteiger partial charge in [-0.1, -0.05) is 47.7 Å². The fraction of sp³-hybridized carbons (Fsp3) is 0.348. The van der Waals surface area contributed by atoms with Crippen LogP contribution in [0.3, 0.4) is 0 Å². The summed E-state index contributed by atoms with van der Waals surface area (Å²) >= 11 is 0. The molecule has 3 N–H and O–H groups in total. The van der Waals surface area contributed by atoms with Gasteiger partial charge < -0.3 is 25.0 Å². The van der Waals surface area contributed by atoms with Gasteiger partial charge in [-0.05, 0) is 17.7 Å². The normalized spacial score (nSPS) is 25.1. The van der Waals surface area contributed by atoms with Crippen molar-refractivity contribution in [3.63, 3.8) is 0 Å². The number of aliphatic hydroxyl groups excluding tert-OH is 3. The van der Waals surface area contributed by atoms with Gasteiger partial charge in [-0.15, -0.1) is 5.10 Å². The van der Waals surface area contributed by atoms with Crippen molar-refractivity contribution in [3.8, 4) is 11.3 Å². The standard InChI is InChI=1S/C23H25FN4O5/c1-27(19(30)10-14-6-3-2-4-7-14)23-22(32)20(21(31)18(13-29)33-23)28-12-17(25-26-28)15-8-5-9-16(24)11-15/h2-9,11-12,18,20-23,29,31-32H,10,13H2,1H3. The molecule has 5 unspecified atom stereocenters. The number of carbonyl (C=O) groups excluding carboxylic acids is 1. The van der Waals surface area contributed by atoms with Crippen LogP contribution in [-0.2, 0) is 16.0 Å². The summed E-state index contributed by atoms with van der Waals surface area (Å²) in [5.74, 6) is -0.747. The molecule has 33 heavy (non-hydrogen) atoms. The van der Waals surface area contributed by atoms with Crippen molar-refractivity contribution in [2.45, 2.75) is 37.0 Å². The smallest absolute Gasteiger partial charge is 0.228 e. The highest BCUT2D eigenvalue weighted by atomic mass is 19.1. The maximum Gasteiger partial charge on any atom is 0.228 e. The van der Waals surface area contributed by atoms with Gasteiger partial charge in [0.1, 0.15) is 35.9 Å². The van der Waals surface area contributed by atoms with Gasteiger partial charge in [-0.2, -0.15) is 0 Å². The van der Waals surface area contributed by atoms with Crippen LogP contribution in [-0.4, -0.2) is 79.3 Å². The first kappa shape index (κ1) is 23.0. The Hall–Kier alpha value is -3.18. The van der Waals surface area contributed by atoms with Crippen LogP contribution in [0.2, 0.25) is 0 Å². The predicted octanol–water partition coefficient (Wildman–Crippen LogP) is 0.765. The Morgan fingerprint density at radius 3 is 2.61 bits per heavy atom. The largest absolute Gasteiger partial charge is 0.394 e. The van der Waals surface area contributed by atoms with Gasteiger partial charge >= 0.3 is 0 Å². The first-order chi connectivity index (χ1) is 15.9. The zero-order valence-electron chi connectivity index (χ0n) is 17.9. The number of benzene rings is 2. The quantitative estimate of drug-likeness (QED) is 0.501. The van der Waals surface area contributed by atoms with E-state index in [1.165, 1.54) is 41.0 Å². The summed E-state index contributed by atoms with van der Waals surface area (Å²) in [6, 6.07) is 13.8. The molecule has 1 aliphatic heterocycles. The molecule has 174 valence electrons. The lowest BCUT2D eigenvalue weighted by atomic mass is 9.94. The number of likely N-dealkylation sites (N-methyl/N-ethyl adjacent to an activating group) is 1. The number of nitrogens with zero attached hydrogens (tertiary/aromatic N) is 4. The van der Waals surface area contributed by atoms with Gasteiger partial charge in [0.25, 0.3) is 0 Å².